The van der Waals surface area contributed by atoms with Gasteiger partial charge in [-0.05, 0) is 49.2 Å². The van der Waals surface area contributed by atoms with Crippen LogP contribution in [0.4, 0.5) is 0 Å². The minimum absolute atomic E-state index is 0.0928. The van der Waals surface area contributed by atoms with Gasteiger partial charge in [0.1, 0.15) is 5.75 Å². The van der Waals surface area contributed by atoms with Crippen LogP contribution in [0.2, 0.25) is 5.02 Å². The van der Waals surface area contributed by atoms with Crippen LogP contribution in [0.1, 0.15) is 22.2 Å². The molecule has 0 atom stereocenters. The highest BCUT2D eigenvalue weighted by Crippen LogP contribution is 2.21. The maximum Gasteiger partial charge on any atom is 0.277 e. The maximum atomic E-state index is 11.7. The number of benzene rings is 1. The number of rotatable bonds is 6. The third-order valence-electron chi connectivity index (χ3n) is 2.91. The second kappa shape index (κ2) is 7.96. The molecule has 0 aliphatic rings. The van der Waals surface area contributed by atoms with Crippen LogP contribution >= 0.6 is 22.9 Å². The van der Waals surface area contributed by atoms with E-state index in [4.69, 9.17) is 16.3 Å². The lowest BCUT2D eigenvalue weighted by Crippen LogP contribution is -2.24. The number of ether oxygens (including phenoxy) is 1. The molecule has 116 valence electrons. The molecule has 1 aromatic heterocycles. The zero-order valence-electron chi connectivity index (χ0n) is 12.4. The zero-order chi connectivity index (χ0) is 15.9. The van der Waals surface area contributed by atoms with Crippen LogP contribution in [0.15, 0.2) is 35.4 Å². The van der Waals surface area contributed by atoms with Gasteiger partial charge >= 0.3 is 0 Å². The van der Waals surface area contributed by atoms with Crippen molar-refractivity contribution in [3.8, 4) is 5.75 Å². The van der Waals surface area contributed by atoms with E-state index in [0.29, 0.717) is 10.8 Å². The Morgan fingerprint density at radius 3 is 2.91 bits per heavy atom. The summed E-state index contributed by atoms with van der Waals surface area (Å²) >= 11 is 7.52. The summed E-state index contributed by atoms with van der Waals surface area (Å²) in [6.45, 7) is 3.88. The van der Waals surface area contributed by atoms with E-state index >= 15 is 0 Å². The van der Waals surface area contributed by atoms with Gasteiger partial charge in [0.05, 0.1) is 6.21 Å². The lowest BCUT2D eigenvalue weighted by Gasteiger charge is -2.08. The summed E-state index contributed by atoms with van der Waals surface area (Å²) in [5.74, 6) is 0.326. The molecule has 0 aliphatic heterocycles. The number of thiophene rings is 1. The van der Waals surface area contributed by atoms with Crippen LogP contribution in [0, 0.1) is 6.92 Å². The lowest BCUT2D eigenvalue weighted by molar-refractivity contribution is -0.123. The number of carbonyl (C=O) groups is 1. The van der Waals surface area contributed by atoms with Gasteiger partial charge in [0.25, 0.3) is 5.91 Å². The number of hydrogen-bond donors (Lipinski definition) is 1. The van der Waals surface area contributed by atoms with E-state index in [2.05, 4.69) is 23.5 Å². The van der Waals surface area contributed by atoms with Crippen molar-refractivity contribution in [2.45, 2.75) is 20.3 Å². The van der Waals surface area contributed by atoms with Gasteiger partial charge in [0.15, 0.2) is 6.61 Å². The van der Waals surface area contributed by atoms with E-state index in [1.807, 2.05) is 13.0 Å². The van der Waals surface area contributed by atoms with Crippen molar-refractivity contribution in [1.82, 2.24) is 5.43 Å². The van der Waals surface area contributed by atoms with Crippen LogP contribution in [-0.2, 0) is 11.2 Å². The van der Waals surface area contributed by atoms with Gasteiger partial charge < -0.3 is 4.74 Å². The van der Waals surface area contributed by atoms with Crippen LogP contribution < -0.4 is 10.2 Å². The highest BCUT2D eigenvalue weighted by molar-refractivity contribution is 7.13. The van der Waals surface area contributed by atoms with Crippen molar-refractivity contribution in [3.05, 3.63) is 50.7 Å². The maximum absolute atomic E-state index is 11.7. The Bertz CT molecular complexity index is 683. The summed E-state index contributed by atoms with van der Waals surface area (Å²) in [6.07, 6.45) is 2.63. The number of nitrogens with one attached hydrogen (secondary N) is 1. The molecule has 0 fully saturated rings. The van der Waals surface area contributed by atoms with Crippen LogP contribution in [0.3, 0.4) is 0 Å². The standard InChI is InChI=1S/C16H17ClN2O2S/c1-3-13-5-6-14(22-13)9-18-19-16(20)10-21-15-7-4-12(17)8-11(15)2/h4-9H,3,10H2,1-2H3,(H,19,20)/b18-9+. The first-order valence-corrected chi connectivity index (χ1v) is 8.07. The summed E-state index contributed by atoms with van der Waals surface area (Å²) in [5, 5.41) is 4.56. The average molecular weight is 337 g/mol. The monoisotopic (exact) mass is 336 g/mol. The Morgan fingerprint density at radius 2 is 2.23 bits per heavy atom. The summed E-state index contributed by atoms with van der Waals surface area (Å²) in [6, 6.07) is 9.29. The van der Waals surface area contributed by atoms with E-state index in [1.54, 1.807) is 35.8 Å². The molecule has 0 spiro atoms. The minimum Gasteiger partial charge on any atom is -0.483 e. The molecule has 1 amide bonds. The largest absolute Gasteiger partial charge is 0.483 e. The van der Waals surface area contributed by atoms with E-state index in [1.165, 1.54) is 4.88 Å². The third kappa shape index (κ3) is 4.86. The molecule has 2 rings (SSSR count). The molecule has 0 unspecified atom stereocenters. The SMILES string of the molecule is CCc1ccc(/C=N/NC(=O)COc2ccc(Cl)cc2C)s1. The Hall–Kier alpha value is -1.85. The molecule has 0 aliphatic carbocycles. The lowest BCUT2D eigenvalue weighted by atomic mass is 10.2. The Labute approximate surface area is 138 Å². The van der Waals surface area contributed by atoms with Crippen molar-refractivity contribution in [1.29, 1.82) is 0 Å². The summed E-state index contributed by atoms with van der Waals surface area (Å²) in [5.41, 5.74) is 3.33. The second-order valence-electron chi connectivity index (χ2n) is 4.65. The predicted molar refractivity (Wildman–Crippen MR) is 91.1 cm³/mol. The molecular formula is C16H17ClN2O2S. The first kappa shape index (κ1) is 16.5. The van der Waals surface area contributed by atoms with Crippen molar-refractivity contribution in [2.75, 3.05) is 6.61 Å². The fourth-order valence-electron chi connectivity index (χ4n) is 1.77. The van der Waals surface area contributed by atoms with Gasteiger partial charge in [0.2, 0.25) is 0 Å². The molecule has 1 aromatic carbocycles. The first-order valence-electron chi connectivity index (χ1n) is 6.88. The summed E-state index contributed by atoms with van der Waals surface area (Å²) in [4.78, 5) is 14.0. The van der Waals surface area contributed by atoms with Gasteiger partial charge in [-0.15, -0.1) is 11.3 Å². The minimum atomic E-state index is -0.308. The molecule has 4 nitrogen and oxygen atoms in total. The molecule has 1 N–H and O–H groups in total. The van der Waals surface area contributed by atoms with Gasteiger partial charge in [-0.2, -0.15) is 5.10 Å². The number of hydrazone groups is 1. The fourth-order valence-corrected chi connectivity index (χ4v) is 2.82. The number of hydrogen-bond acceptors (Lipinski definition) is 4. The number of halogens is 1. The van der Waals surface area contributed by atoms with Gasteiger partial charge in [-0.1, -0.05) is 18.5 Å². The smallest absolute Gasteiger partial charge is 0.277 e. The molecular weight excluding hydrogens is 320 g/mol. The highest BCUT2D eigenvalue weighted by Gasteiger charge is 2.04. The van der Waals surface area contributed by atoms with E-state index < -0.39 is 0 Å². The molecule has 22 heavy (non-hydrogen) atoms. The van der Waals surface area contributed by atoms with Crippen molar-refractivity contribution in [2.24, 2.45) is 5.10 Å². The third-order valence-corrected chi connectivity index (χ3v) is 4.31. The molecule has 6 heteroatoms. The van der Waals surface area contributed by atoms with E-state index in [0.717, 1.165) is 16.9 Å². The van der Waals surface area contributed by atoms with Crippen molar-refractivity contribution < 1.29 is 9.53 Å². The average Bonchev–Trinajstić information content (AvgIpc) is 2.94. The number of aryl methyl sites for hydroxylation is 2. The van der Waals surface area contributed by atoms with Crippen molar-refractivity contribution >= 4 is 35.1 Å². The quantitative estimate of drug-likeness (QED) is 0.644. The fraction of sp³-hybridized carbons (Fsp3) is 0.250. The number of nitrogens with zero attached hydrogens (tertiary/aromatic N) is 1. The molecule has 2 aromatic rings. The van der Waals surface area contributed by atoms with Crippen LogP contribution in [0.25, 0.3) is 0 Å². The molecule has 0 radical (unpaired) electrons. The molecule has 1 heterocycles. The van der Waals surface area contributed by atoms with E-state index in [-0.39, 0.29) is 12.5 Å². The zero-order valence-corrected chi connectivity index (χ0v) is 14.0. The number of amides is 1. The normalized spacial score (nSPS) is 10.9. The van der Waals surface area contributed by atoms with E-state index in [9.17, 15) is 4.79 Å². The van der Waals surface area contributed by atoms with Crippen LogP contribution in [-0.4, -0.2) is 18.7 Å². The summed E-state index contributed by atoms with van der Waals surface area (Å²) in [7, 11) is 0. The van der Waals surface area contributed by atoms with Crippen LogP contribution in [0.5, 0.6) is 5.75 Å². The number of carbonyl (C=O) groups excluding carboxylic acids is 1. The molecule has 0 saturated carbocycles. The topological polar surface area (TPSA) is 50.7 Å². The Balaban J connectivity index is 1.80. The first-order chi connectivity index (χ1) is 10.6. The van der Waals surface area contributed by atoms with Crippen molar-refractivity contribution in [3.63, 3.8) is 0 Å². The molecule has 0 bridgehead atoms. The van der Waals surface area contributed by atoms with Gasteiger partial charge in [-0.25, -0.2) is 5.43 Å². The Morgan fingerprint density at radius 1 is 1.41 bits per heavy atom. The highest BCUT2D eigenvalue weighted by atomic mass is 35.5. The molecule has 0 saturated heterocycles. The predicted octanol–water partition coefficient (Wildman–Crippen LogP) is 3.80. The Kier molecular flexibility index (Phi) is 5.98. The summed E-state index contributed by atoms with van der Waals surface area (Å²) < 4.78 is 5.44. The van der Waals surface area contributed by atoms with Gasteiger partial charge in [-0.3, -0.25) is 4.79 Å². The van der Waals surface area contributed by atoms with Gasteiger partial charge in [0, 0.05) is 14.8 Å². The second-order valence-corrected chi connectivity index (χ2v) is 6.29.